The lowest BCUT2D eigenvalue weighted by molar-refractivity contribution is 0.0965. The molecule has 2 aromatic heterocycles. The van der Waals surface area contributed by atoms with Crippen molar-refractivity contribution in [3.8, 4) is 5.69 Å². The highest BCUT2D eigenvalue weighted by Crippen LogP contribution is 2.38. The molecule has 0 bridgehead atoms. The summed E-state index contributed by atoms with van der Waals surface area (Å²) in [7, 11) is 0. The van der Waals surface area contributed by atoms with Gasteiger partial charge in [0.2, 0.25) is 0 Å². The second-order valence-electron chi connectivity index (χ2n) is 7.22. The van der Waals surface area contributed by atoms with E-state index in [1.54, 1.807) is 0 Å². The molecule has 0 radical (unpaired) electrons. The van der Waals surface area contributed by atoms with Gasteiger partial charge in [-0.05, 0) is 44.9 Å². The largest absolute Gasteiger partial charge is 0.363 e. The third-order valence-electron chi connectivity index (χ3n) is 5.18. The molecule has 2 aliphatic rings. The number of carbonyl (C=O) groups excluding carboxylic acids is 1. The Bertz CT molecular complexity index is 1030. The van der Waals surface area contributed by atoms with Gasteiger partial charge in [0.25, 0.3) is 5.91 Å². The highest BCUT2D eigenvalue weighted by atomic mass is 16.1. The van der Waals surface area contributed by atoms with Crippen LogP contribution in [0.25, 0.3) is 16.7 Å². The summed E-state index contributed by atoms with van der Waals surface area (Å²) in [6.45, 7) is 4.74. The van der Waals surface area contributed by atoms with Gasteiger partial charge in [0.1, 0.15) is 11.3 Å². The summed E-state index contributed by atoms with van der Waals surface area (Å²) < 4.78 is 2.04. The summed E-state index contributed by atoms with van der Waals surface area (Å²) in [6.07, 6.45) is 4.26. The number of benzene rings is 1. The van der Waals surface area contributed by atoms with Crippen LogP contribution < -0.4 is 10.6 Å². The molecule has 1 aromatic carbocycles. The number of hydrogen-bond acceptors (Lipinski definition) is 4. The molecule has 1 aliphatic carbocycles. The van der Waals surface area contributed by atoms with Gasteiger partial charge in [-0.2, -0.15) is 0 Å². The van der Waals surface area contributed by atoms with E-state index in [0.29, 0.717) is 6.54 Å². The van der Waals surface area contributed by atoms with Gasteiger partial charge in [-0.1, -0.05) is 6.07 Å². The maximum absolute atomic E-state index is 11.9. The van der Waals surface area contributed by atoms with Crippen molar-refractivity contribution < 1.29 is 4.79 Å². The molecule has 0 atom stereocenters. The van der Waals surface area contributed by atoms with Gasteiger partial charge in [-0.15, -0.1) is 0 Å². The Labute approximate surface area is 145 Å². The molecule has 126 valence electrons. The van der Waals surface area contributed by atoms with Crippen LogP contribution in [0, 0.1) is 6.92 Å². The second kappa shape index (κ2) is 4.81. The number of para-hydroxylation sites is 1. The van der Waals surface area contributed by atoms with Crippen molar-refractivity contribution >= 4 is 22.8 Å². The first-order valence-corrected chi connectivity index (χ1v) is 8.58. The Balaban J connectivity index is 1.69. The normalized spacial score (nSPS) is 17.4. The summed E-state index contributed by atoms with van der Waals surface area (Å²) in [5.41, 5.74) is 5.43. The van der Waals surface area contributed by atoms with Crippen molar-refractivity contribution in [1.29, 1.82) is 0 Å². The lowest BCUT2D eigenvalue weighted by Crippen LogP contribution is -2.18. The summed E-state index contributed by atoms with van der Waals surface area (Å²) >= 11 is 0. The third kappa shape index (κ3) is 2.21. The average molecular weight is 333 g/mol. The molecule has 1 saturated carbocycles. The molecule has 25 heavy (non-hydrogen) atoms. The minimum atomic E-state index is -0.0140. The molecule has 6 heteroatoms. The van der Waals surface area contributed by atoms with Crippen molar-refractivity contribution in [2.75, 3.05) is 5.32 Å². The predicted octanol–water partition coefficient (Wildman–Crippen LogP) is 2.94. The highest BCUT2D eigenvalue weighted by molar-refractivity contribution is 5.98. The van der Waals surface area contributed by atoms with Crippen LogP contribution in [-0.2, 0) is 6.54 Å². The molecular weight excluding hydrogens is 314 g/mol. The van der Waals surface area contributed by atoms with Gasteiger partial charge >= 0.3 is 0 Å². The van der Waals surface area contributed by atoms with Crippen LogP contribution in [0.1, 0.15) is 41.5 Å². The number of nitrogens with zero attached hydrogens (tertiary/aromatic N) is 3. The zero-order valence-electron chi connectivity index (χ0n) is 14.3. The fraction of sp³-hybridized carbons (Fsp3) is 0.316. The standard InChI is InChI=1S/C19H19N5O/c1-11-17(23-19(2)7-8-19)22-16-13(21-11)4-3-5-14(16)24-9-6-12-15(24)10-20-18(12)25/h3-6,9H,7-8,10H2,1-2H3,(H,20,25)(H,22,23). The number of fused-ring (bicyclic) bond motifs is 2. The highest BCUT2D eigenvalue weighted by Gasteiger charge is 2.38. The van der Waals surface area contributed by atoms with E-state index in [9.17, 15) is 4.79 Å². The van der Waals surface area contributed by atoms with Gasteiger partial charge in [0.05, 0.1) is 34.7 Å². The zero-order chi connectivity index (χ0) is 17.2. The summed E-state index contributed by atoms with van der Waals surface area (Å²) in [4.78, 5) is 21.5. The van der Waals surface area contributed by atoms with Crippen LogP contribution in [0.4, 0.5) is 5.82 Å². The molecule has 0 saturated heterocycles. The number of rotatable bonds is 3. The van der Waals surface area contributed by atoms with E-state index in [4.69, 9.17) is 9.97 Å². The molecule has 3 aromatic rings. The van der Waals surface area contributed by atoms with Gasteiger partial charge in [0, 0.05) is 11.7 Å². The Hall–Kier alpha value is -2.89. The minimum Gasteiger partial charge on any atom is -0.363 e. The van der Waals surface area contributed by atoms with Crippen LogP contribution >= 0.6 is 0 Å². The predicted molar refractivity (Wildman–Crippen MR) is 96.0 cm³/mol. The third-order valence-corrected chi connectivity index (χ3v) is 5.18. The maximum atomic E-state index is 11.9. The quantitative estimate of drug-likeness (QED) is 0.773. The number of carbonyl (C=O) groups is 1. The molecule has 0 spiro atoms. The minimum absolute atomic E-state index is 0.0140. The smallest absolute Gasteiger partial charge is 0.253 e. The number of aryl methyl sites for hydroxylation is 1. The number of anilines is 1. The molecule has 2 N–H and O–H groups in total. The van der Waals surface area contributed by atoms with Crippen molar-refractivity contribution in [1.82, 2.24) is 19.9 Å². The maximum Gasteiger partial charge on any atom is 0.253 e. The molecular formula is C19H19N5O. The van der Waals surface area contributed by atoms with E-state index in [1.165, 1.54) is 0 Å². The van der Waals surface area contributed by atoms with Crippen molar-refractivity contribution in [2.24, 2.45) is 0 Å². The molecule has 1 fully saturated rings. The fourth-order valence-electron chi connectivity index (χ4n) is 3.40. The summed E-state index contributed by atoms with van der Waals surface area (Å²) in [5, 5.41) is 6.41. The Morgan fingerprint density at radius 1 is 1.24 bits per heavy atom. The van der Waals surface area contributed by atoms with Crippen molar-refractivity contribution in [2.45, 2.75) is 38.8 Å². The van der Waals surface area contributed by atoms with Crippen LogP contribution in [0.15, 0.2) is 30.5 Å². The molecule has 1 amide bonds. The van der Waals surface area contributed by atoms with E-state index in [2.05, 4.69) is 17.6 Å². The number of amides is 1. The van der Waals surface area contributed by atoms with Crippen LogP contribution in [0.2, 0.25) is 0 Å². The molecule has 0 unspecified atom stereocenters. The van der Waals surface area contributed by atoms with Crippen LogP contribution in [-0.4, -0.2) is 26.0 Å². The first-order valence-electron chi connectivity index (χ1n) is 8.58. The van der Waals surface area contributed by atoms with E-state index in [1.807, 2.05) is 42.0 Å². The number of nitrogens with one attached hydrogen (secondary N) is 2. The molecule has 6 nitrogen and oxygen atoms in total. The molecule has 5 rings (SSSR count). The monoisotopic (exact) mass is 333 g/mol. The van der Waals surface area contributed by atoms with Crippen LogP contribution in [0.3, 0.4) is 0 Å². The average Bonchev–Trinajstić information content (AvgIpc) is 3.02. The van der Waals surface area contributed by atoms with E-state index in [0.717, 1.165) is 52.3 Å². The first kappa shape index (κ1) is 14.5. The summed E-state index contributed by atoms with van der Waals surface area (Å²) in [5.74, 6) is 0.831. The number of aromatic nitrogens is 3. The topological polar surface area (TPSA) is 71.8 Å². The lowest BCUT2D eigenvalue weighted by atomic mass is 10.2. The SMILES string of the molecule is Cc1nc2cccc(-n3ccc4c3CNC4=O)c2nc1NC1(C)CC1. The lowest BCUT2D eigenvalue weighted by Gasteiger charge is -2.16. The Morgan fingerprint density at radius 3 is 2.88 bits per heavy atom. The van der Waals surface area contributed by atoms with Gasteiger partial charge in [0.15, 0.2) is 0 Å². The first-order chi connectivity index (χ1) is 12.0. The van der Waals surface area contributed by atoms with E-state index < -0.39 is 0 Å². The van der Waals surface area contributed by atoms with Gasteiger partial charge in [-0.3, -0.25) is 4.79 Å². The fourth-order valence-corrected chi connectivity index (χ4v) is 3.40. The zero-order valence-corrected chi connectivity index (χ0v) is 14.3. The Morgan fingerprint density at radius 2 is 2.08 bits per heavy atom. The van der Waals surface area contributed by atoms with Gasteiger partial charge < -0.3 is 15.2 Å². The van der Waals surface area contributed by atoms with Crippen molar-refractivity contribution in [3.63, 3.8) is 0 Å². The second-order valence-corrected chi connectivity index (χ2v) is 7.22. The number of hydrogen-bond donors (Lipinski definition) is 2. The van der Waals surface area contributed by atoms with Crippen LogP contribution in [0.5, 0.6) is 0 Å². The molecule has 1 aliphatic heterocycles. The summed E-state index contributed by atoms with van der Waals surface area (Å²) in [6, 6.07) is 7.85. The Kier molecular flexibility index (Phi) is 2.78. The van der Waals surface area contributed by atoms with Gasteiger partial charge in [-0.25, -0.2) is 9.97 Å². The van der Waals surface area contributed by atoms with Crippen molar-refractivity contribution in [3.05, 3.63) is 47.4 Å². The molecule has 3 heterocycles. The van der Waals surface area contributed by atoms with E-state index >= 15 is 0 Å². The van der Waals surface area contributed by atoms with E-state index in [-0.39, 0.29) is 11.4 Å².